The van der Waals surface area contributed by atoms with Crippen LogP contribution in [0.4, 0.5) is 14.5 Å². The molecule has 1 atom stereocenters. The van der Waals surface area contributed by atoms with Gasteiger partial charge in [-0.05, 0) is 54.3 Å². The molecule has 4 aromatic rings. The van der Waals surface area contributed by atoms with Gasteiger partial charge in [-0.15, -0.1) is 0 Å². The third kappa shape index (κ3) is 5.78. The number of nitrogens with zero attached hydrogens (tertiary/aromatic N) is 2. The van der Waals surface area contributed by atoms with Gasteiger partial charge >= 0.3 is 5.76 Å². The third-order valence-corrected chi connectivity index (χ3v) is 5.56. The zero-order valence-corrected chi connectivity index (χ0v) is 18.4. The van der Waals surface area contributed by atoms with Gasteiger partial charge in [-0.1, -0.05) is 24.3 Å². The Labute approximate surface area is 197 Å². The number of carbonyl (C=O) groups excluding carboxylic acids is 1. The second-order valence-electron chi connectivity index (χ2n) is 8.04. The van der Waals surface area contributed by atoms with Crippen LogP contribution in [0, 0.1) is 21.7 Å². The Kier molecular flexibility index (Phi) is 7.00. The number of amides is 1. The van der Waals surface area contributed by atoms with Crippen LogP contribution < -0.4 is 11.1 Å². The van der Waals surface area contributed by atoms with Crippen LogP contribution >= 0.6 is 0 Å². The van der Waals surface area contributed by atoms with Gasteiger partial charge < -0.3 is 9.73 Å². The van der Waals surface area contributed by atoms with E-state index in [1.54, 1.807) is 18.2 Å². The highest BCUT2D eigenvalue weighted by Crippen LogP contribution is 2.22. The van der Waals surface area contributed by atoms with Gasteiger partial charge in [0.05, 0.1) is 22.5 Å². The van der Waals surface area contributed by atoms with Gasteiger partial charge in [-0.3, -0.25) is 19.5 Å². The van der Waals surface area contributed by atoms with Crippen molar-refractivity contribution in [2.45, 2.75) is 31.8 Å². The van der Waals surface area contributed by atoms with E-state index in [0.717, 1.165) is 0 Å². The number of nitrogens with one attached hydrogen (secondary N) is 1. The van der Waals surface area contributed by atoms with E-state index >= 15 is 0 Å². The van der Waals surface area contributed by atoms with E-state index in [1.165, 1.54) is 53.1 Å². The molecule has 0 bridgehead atoms. The molecule has 0 saturated carbocycles. The molecule has 0 radical (unpaired) electrons. The number of fused-ring (bicyclic) bond motifs is 1. The van der Waals surface area contributed by atoms with Crippen molar-refractivity contribution in [3.63, 3.8) is 0 Å². The van der Waals surface area contributed by atoms with Crippen LogP contribution in [0.3, 0.4) is 0 Å². The number of carbonyl (C=O) groups is 1. The zero-order valence-electron chi connectivity index (χ0n) is 18.4. The summed E-state index contributed by atoms with van der Waals surface area (Å²) in [4.78, 5) is 35.2. The minimum Gasteiger partial charge on any atom is -0.407 e. The number of non-ortho nitro benzene ring substituents is 1. The van der Waals surface area contributed by atoms with Crippen LogP contribution in [-0.2, 0) is 17.8 Å². The number of oxazole rings is 1. The number of hydrogen-bond donors (Lipinski definition) is 1. The summed E-state index contributed by atoms with van der Waals surface area (Å²) in [7, 11) is 0. The summed E-state index contributed by atoms with van der Waals surface area (Å²) in [5.41, 5.74) is 1.48. The van der Waals surface area contributed by atoms with E-state index in [1.807, 2.05) is 0 Å². The summed E-state index contributed by atoms with van der Waals surface area (Å²) in [6, 6.07) is 15.1. The lowest BCUT2D eigenvalue weighted by molar-refractivity contribution is -0.384. The molecular formula is C25H21F2N3O5. The molecule has 0 saturated heterocycles. The molecular weight excluding hydrogens is 460 g/mol. The molecule has 3 aromatic carbocycles. The largest absolute Gasteiger partial charge is 0.419 e. The Balaban J connectivity index is 1.44. The lowest BCUT2D eigenvalue weighted by Gasteiger charge is -2.20. The summed E-state index contributed by atoms with van der Waals surface area (Å²) >= 11 is 0. The maximum Gasteiger partial charge on any atom is 0.419 e. The topological polar surface area (TPSA) is 107 Å². The van der Waals surface area contributed by atoms with Gasteiger partial charge in [0.15, 0.2) is 5.58 Å². The molecule has 8 nitrogen and oxygen atoms in total. The number of nitro benzene ring substituents is 1. The van der Waals surface area contributed by atoms with Crippen LogP contribution in [0.1, 0.15) is 30.0 Å². The SMILES string of the molecule is O=C(CCCn1c(=O)oc2cc([N+](=O)[O-])ccc21)NC(Cc1cccc(F)c1)c1cccc(F)c1. The van der Waals surface area contributed by atoms with Gasteiger partial charge in [-0.25, -0.2) is 13.6 Å². The molecule has 0 fully saturated rings. The fourth-order valence-electron chi connectivity index (χ4n) is 3.92. The second kappa shape index (κ2) is 10.3. The summed E-state index contributed by atoms with van der Waals surface area (Å²) in [6.07, 6.45) is 0.603. The molecule has 0 aliphatic rings. The van der Waals surface area contributed by atoms with Gasteiger partial charge in [-0.2, -0.15) is 0 Å². The predicted molar refractivity (Wildman–Crippen MR) is 124 cm³/mol. The maximum absolute atomic E-state index is 13.8. The van der Waals surface area contributed by atoms with Crippen molar-refractivity contribution in [2.75, 3.05) is 0 Å². The quantitative estimate of drug-likeness (QED) is 0.276. The molecule has 1 aromatic heterocycles. The van der Waals surface area contributed by atoms with E-state index in [2.05, 4.69) is 5.32 Å². The van der Waals surface area contributed by atoms with Gasteiger partial charge in [0.1, 0.15) is 11.6 Å². The first-order valence-electron chi connectivity index (χ1n) is 10.9. The standard InChI is InChI=1S/C25H21F2N3O5/c26-18-6-1-4-16(12-18)13-21(17-5-2-7-19(27)14-17)28-24(31)8-3-11-29-22-10-9-20(30(33)34)15-23(22)35-25(29)32/h1-2,4-7,9-10,12,14-15,21H,3,8,11,13H2,(H,28,31). The Morgan fingerprint density at radius 1 is 1.06 bits per heavy atom. The Morgan fingerprint density at radius 2 is 1.80 bits per heavy atom. The first kappa shape index (κ1) is 23.8. The highest BCUT2D eigenvalue weighted by atomic mass is 19.1. The van der Waals surface area contributed by atoms with Crippen molar-refractivity contribution in [1.29, 1.82) is 0 Å². The van der Waals surface area contributed by atoms with Crippen molar-refractivity contribution in [3.8, 4) is 0 Å². The molecule has 4 rings (SSSR count). The first-order chi connectivity index (χ1) is 16.8. The molecule has 35 heavy (non-hydrogen) atoms. The minimum atomic E-state index is -0.676. The van der Waals surface area contributed by atoms with E-state index in [9.17, 15) is 28.5 Å². The van der Waals surface area contributed by atoms with Gasteiger partial charge in [0, 0.05) is 19.0 Å². The van der Waals surface area contributed by atoms with Crippen LogP contribution in [0.15, 0.2) is 75.9 Å². The van der Waals surface area contributed by atoms with E-state index in [0.29, 0.717) is 16.6 Å². The monoisotopic (exact) mass is 481 g/mol. The minimum absolute atomic E-state index is 0.0566. The number of hydrogen-bond acceptors (Lipinski definition) is 5. The molecule has 180 valence electrons. The van der Waals surface area contributed by atoms with Crippen molar-refractivity contribution < 1.29 is 22.9 Å². The van der Waals surface area contributed by atoms with E-state index in [4.69, 9.17) is 4.42 Å². The Bertz CT molecular complexity index is 1450. The average molecular weight is 481 g/mol. The third-order valence-electron chi connectivity index (χ3n) is 5.56. The number of halogens is 2. The number of rotatable bonds is 9. The summed E-state index contributed by atoms with van der Waals surface area (Å²) in [6.45, 7) is 0.158. The maximum atomic E-state index is 13.8. The fraction of sp³-hybridized carbons (Fsp3) is 0.200. The average Bonchev–Trinajstić information content (AvgIpc) is 3.13. The smallest absolute Gasteiger partial charge is 0.407 e. The molecule has 10 heteroatoms. The van der Waals surface area contributed by atoms with Crippen LogP contribution in [-0.4, -0.2) is 15.4 Å². The van der Waals surface area contributed by atoms with Crippen molar-refractivity contribution in [2.24, 2.45) is 0 Å². The molecule has 0 spiro atoms. The Morgan fingerprint density at radius 3 is 2.51 bits per heavy atom. The highest BCUT2D eigenvalue weighted by molar-refractivity contribution is 5.77. The highest BCUT2D eigenvalue weighted by Gasteiger charge is 2.18. The lowest BCUT2D eigenvalue weighted by atomic mass is 9.98. The molecule has 0 aliphatic heterocycles. The van der Waals surface area contributed by atoms with Crippen molar-refractivity contribution in [3.05, 3.63) is 110 Å². The van der Waals surface area contributed by atoms with Gasteiger partial charge in [0.2, 0.25) is 5.91 Å². The van der Waals surface area contributed by atoms with Crippen molar-refractivity contribution in [1.82, 2.24) is 9.88 Å². The number of aromatic nitrogens is 1. The van der Waals surface area contributed by atoms with Gasteiger partial charge in [0.25, 0.3) is 5.69 Å². The van der Waals surface area contributed by atoms with Crippen LogP contribution in [0.2, 0.25) is 0 Å². The molecule has 1 heterocycles. The molecule has 0 aliphatic carbocycles. The molecule has 1 N–H and O–H groups in total. The molecule has 1 unspecified atom stereocenters. The van der Waals surface area contributed by atoms with Crippen LogP contribution in [0.5, 0.6) is 0 Å². The van der Waals surface area contributed by atoms with E-state index in [-0.39, 0.29) is 43.0 Å². The predicted octanol–water partition coefficient (Wildman–Crippen LogP) is 4.66. The second-order valence-corrected chi connectivity index (χ2v) is 8.04. The number of nitro groups is 1. The van der Waals surface area contributed by atoms with Crippen LogP contribution in [0.25, 0.3) is 11.1 Å². The lowest BCUT2D eigenvalue weighted by Crippen LogP contribution is -2.30. The summed E-state index contributed by atoms with van der Waals surface area (Å²) in [5.74, 6) is -1.86. The summed E-state index contributed by atoms with van der Waals surface area (Å²) < 4.78 is 33.8. The first-order valence-corrected chi connectivity index (χ1v) is 10.9. The van der Waals surface area contributed by atoms with Crippen molar-refractivity contribution >= 4 is 22.7 Å². The number of aryl methyl sites for hydroxylation is 1. The zero-order chi connectivity index (χ0) is 24.9. The molecule has 1 amide bonds. The summed E-state index contributed by atoms with van der Waals surface area (Å²) in [5, 5.41) is 13.8. The number of benzene rings is 3. The van der Waals surface area contributed by atoms with E-state index < -0.39 is 28.4 Å². The normalized spacial score (nSPS) is 11.9. The Hall–Kier alpha value is -4.34. The fourth-order valence-corrected chi connectivity index (χ4v) is 3.92.